The van der Waals surface area contributed by atoms with Crippen LogP contribution in [0.15, 0.2) is 29.3 Å². The van der Waals surface area contributed by atoms with Gasteiger partial charge in [-0.1, -0.05) is 12.1 Å². The third-order valence-corrected chi connectivity index (χ3v) is 3.59. The average molecular weight is 291 g/mol. The van der Waals surface area contributed by atoms with E-state index < -0.39 is 0 Å². The van der Waals surface area contributed by atoms with Crippen LogP contribution in [-0.2, 0) is 6.42 Å². The molecule has 2 rings (SSSR count). The van der Waals surface area contributed by atoms with Crippen molar-refractivity contribution in [1.82, 2.24) is 10.2 Å². The highest BCUT2D eigenvalue weighted by Crippen LogP contribution is 2.13. The number of guanidine groups is 1. The highest BCUT2D eigenvalue weighted by atomic mass is 16.5. The fourth-order valence-corrected chi connectivity index (χ4v) is 2.48. The molecule has 0 radical (unpaired) electrons. The molecule has 1 saturated heterocycles. The van der Waals surface area contributed by atoms with E-state index in [1.54, 1.807) is 7.11 Å². The van der Waals surface area contributed by atoms with E-state index >= 15 is 0 Å². The molecule has 0 unspecified atom stereocenters. The molecule has 1 heterocycles. The first-order chi connectivity index (χ1) is 10.2. The molecule has 5 nitrogen and oxygen atoms in total. The molecule has 0 spiro atoms. The molecule has 116 valence electrons. The first kappa shape index (κ1) is 15.6. The van der Waals surface area contributed by atoms with Gasteiger partial charge in [-0.15, -0.1) is 0 Å². The predicted octanol–water partition coefficient (Wildman–Crippen LogP) is 1.27. The number of nitrogens with one attached hydrogen (secondary N) is 1. The van der Waals surface area contributed by atoms with Crippen molar-refractivity contribution < 1.29 is 9.84 Å². The normalized spacial score (nSPS) is 18.9. The number of hydrogen-bond acceptors (Lipinski definition) is 3. The first-order valence-corrected chi connectivity index (χ1v) is 7.57. The van der Waals surface area contributed by atoms with Crippen LogP contribution >= 0.6 is 0 Å². The van der Waals surface area contributed by atoms with Gasteiger partial charge in [0.2, 0.25) is 0 Å². The zero-order valence-corrected chi connectivity index (χ0v) is 12.9. The highest BCUT2D eigenvalue weighted by Gasteiger charge is 2.22. The van der Waals surface area contributed by atoms with E-state index in [1.807, 2.05) is 18.2 Å². The van der Waals surface area contributed by atoms with Crippen molar-refractivity contribution in [2.45, 2.75) is 25.9 Å². The summed E-state index contributed by atoms with van der Waals surface area (Å²) in [5.41, 5.74) is 1.22. The summed E-state index contributed by atoms with van der Waals surface area (Å²) in [7, 11) is 1.68. The van der Waals surface area contributed by atoms with E-state index in [0.29, 0.717) is 6.54 Å². The minimum Gasteiger partial charge on any atom is -0.497 e. The molecule has 21 heavy (non-hydrogen) atoms. The maximum Gasteiger partial charge on any atom is 0.194 e. The molecule has 1 aliphatic rings. The second-order valence-electron chi connectivity index (χ2n) is 5.23. The summed E-state index contributed by atoms with van der Waals surface area (Å²) in [5.74, 6) is 1.78. The summed E-state index contributed by atoms with van der Waals surface area (Å²) in [4.78, 5) is 6.78. The molecule has 2 N–H and O–H groups in total. The number of aliphatic hydroxyl groups excluding tert-OH is 1. The summed E-state index contributed by atoms with van der Waals surface area (Å²) in [6, 6.07) is 8.08. The average Bonchev–Trinajstić information content (AvgIpc) is 2.93. The standard InChI is InChI=1S/C16H25N3O2/c1-3-17-16(19-10-8-14(20)12-19)18-9-7-13-5-4-6-15(11-13)21-2/h4-6,11,14,20H,3,7-10,12H2,1-2H3,(H,17,18)/t14-/m1/s1. The number of aliphatic imine (C=N–C) groups is 1. The van der Waals surface area contributed by atoms with Gasteiger partial charge in [-0.2, -0.15) is 0 Å². The van der Waals surface area contributed by atoms with Crippen molar-refractivity contribution in [2.75, 3.05) is 33.3 Å². The highest BCUT2D eigenvalue weighted by molar-refractivity contribution is 5.80. The molecule has 1 aliphatic heterocycles. The molecule has 0 saturated carbocycles. The maximum absolute atomic E-state index is 9.64. The van der Waals surface area contributed by atoms with Crippen LogP contribution in [0, 0.1) is 0 Å². The van der Waals surface area contributed by atoms with Crippen molar-refractivity contribution >= 4 is 5.96 Å². The Morgan fingerprint density at radius 2 is 2.38 bits per heavy atom. The fourth-order valence-electron chi connectivity index (χ4n) is 2.48. The quantitative estimate of drug-likeness (QED) is 0.634. The van der Waals surface area contributed by atoms with Gasteiger partial charge in [0.1, 0.15) is 5.75 Å². The number of methoxy groups -OCH3 is 1. The van der Waals surface area contributed by atoms with Crippen molar-refractivity contribution in [3.63, 3.8) is 0 Å². The van der Waals surface area contributed by atoms with Crippen LogP contribution in [0.2, 0.25) is 0 Å². The molecule has 0 amide bonds. The van der Waals surface area contributed by atoms with Gasteiger partial charge in [-0.3, -0.25) is 4.99 Å². The molecular weight excluding hydrogens is 266 g/mol. The van der Waals surface area contributed by atoms with Gasteiger partial charge in [0.05, 0.1) is 13.2 Å². The van der Waals surface area contributed by atoms with Crippen LogP contribution in [-0.4, -0.2) is 55.4 Å². The Labute approximate surface area is 126 Å². The molecule has 0 bridgehead atoms. The Hall–Kier alpha value is -1.75. The van der Waals surface area contributed by atoms with Gasteiger partial charge in [0.15, 0.2) is 5.96 Å². The maximum atomic E-state index is 9.64. The Balaban J connectivity index is 1.92. The summed E-state index contributed by atoms with van der Waals surface area (Å²) >= 11 is 0. The van der Waals surface area contributed by atoms with Crippen molar-refractivity contribution in [1.29, 1.82) is 0 Å². The van der Waals surface area contributed by atoms with E-state index in [4.69, 9.17) is 4.74 Å². The lowest BCUT2D eigenvalue weighted by Crippen LogP contribution is -2.40. The van der Waals surface area contributed by atoms with E-state index in [0.717, 1.165) is 44.2 Å². The lowest BCUT2D eigenvalue weighted by atomic mass is 10.1. The second-order valence-corrected chi connectivity index (χ2v) is 5.23. The van der Waals surface area contributed by atoms with E-state index in [2.05, 4.69) is 28.2 Å². The zero-order chi connectivity index (χ0) is 15.1. The van der Waals surface area contributed by atoms with Gasteiger partial charge < -0.3 is 20.1 Å². The Kier molecular flexibility index (Phi) is 5.87. The smallest absolute Gasteiger partial charge is 0.194 e. The molecule has 5 heteroatoms. The van der Waals surface area contributed by atoms with Gasteiger partial charge >= 0.3 is 0 Å². The zero-order valence-electron chi connectivity index (χ0n) is 12.9. The van der Waals surface area contributed by atoms with Gasteiger partial charge in [-0.05, 0) is 37.5 Å². The number of β-amino-alcohol motifs (C(OH)–C–C–N with tert-alkyl or cyclic N) is 1. The molecule has 1 fully saturated rings. The topological polar surface area (TPSA) is 57.1 Å². The van der Waals surface area contributed by atoms with Crippen LogP contribution in [0.3, 0.4) is 0 Å². The Morgan fingerprint density at radius 1 is 1.52 bits per heavy atom. The predicted molar refractivity (Wildman–Crippen MR) is 84.9 cm³/mol. The number of nitrogens with zero attached hydrogens (tertiary/aromatic N) is 2. The largest absolute Gasteiger partial charge is 0.497 e. The molecule has 1 aromatic carbocycles. The van der Waals surface area contributed by atoms with Gasteiger partial charge in [-0.25, -0.2) is 0 Å². The third kappa shape index (κ3) is 4.63. The number of aliphatic hydroxyl groups is 1. The molecular formula is C16H25N3O2. The number of likely N-dealkylation sites (tertiary alicyclic amines) is 1. The first-order valence-electron chi connectivity index (χ1n) is 7.57. The Bertz CT molecular complexity index is 476. The summed E-state index contributed by atoms with van der Waals surface area (Å²) in [6.07, 6.45) is 1.47. The van der Waals surface area contributed by atoms with Crippen LogP contribution in [0.4, 0.5) is 0 Å². The van der Waals surface area contributed by atoms with Crippen LogP contribution in [0.1, 0.15) is 18.9 Å². The number of benzene rings is 1. The van der Waals surface area contributed by atoms with Gasteiger partial charge in [0, 0.05) is 26.2 Å². The number of rotatable bonds is 5. The number of ether oxygens (including phenoxy) is 1. The van der Waals surface area contributed by atoms with Crippen molar-refractivity contribution in [2.24, 2.45) is 4.99 Å². The molecule has 0 aliphatic carbocycles. The minimum atomic E-state index is -0.229. The number of hydrogen-bond donors (Lipinski definition) is 2. The molecule has 1 atom stereocenters. The fraction of sp³-hybridized carbons (Fsp3) is 0.562. The molecule has 1 aromatic rings. The van der Waals surface area contributed by atoms with E-state index in [-0.39, 0.29) is 6.10 Å². The monoisotopic (exact) mass is 291 g/mol. The van der Waals surface area contributed by atoms with E-state index in [9.17, 15) is 5.11 Å². The third-order valence-electron chi connectivity index (χ3n) is 3.59. The second kappa shape index (κ2) is 7.88. The minimum absolute atomic E-state index is 0.229. The summed E-state index contributed by atoms with van der Waals surface area (Å²) < 4.78 is 5.23. The summed E-state index contributed by atoms with van der Waals surface area (Å²) in [5, 5.41) is 12.9. The lowest BCUT2D eigenvalue weighted by molar-refractivity contribution is 0.188. The molecule has 0 aromatic heterocycles. The van der Waals surface area contributed by atoms with Crippen LogP contribution in [0.25, 0.3) is 0 Å². The van der Waals surface area contributed by atoms with E-state index in [1.165, 1.54) is 5.56 Å². The van der Waals surface area contributed by atoms with Crippen LogP contribution in [0.5, 0.6) is 5.75 Å². The lowest BCUT2D eigenvalue weighted by Gasteiger charge is -2.20. The Morgan fingerprint density at radius 3 is 3.05 bits per heavy atom. The summed E-state index contributed by atoms with van der Waals surface area (Å²) in [6.45, 7) is 5.16. The SMILES string of the molecule is CCNC(=NCCc1cccc(OC)c1)N1CC[C@@H](O)C1. The van der Waals surface area contributed by atoms with Crippen molar-refractivity contribution in [3.05, 3.63) is 29.8 Å². The van der Waals surface area contributed by atoms with Crippen LogP contribution < -0.4 is 10.1 Å². The van der Waals surface area contributed by atoms with Gasteiger partial charge in [0.25, 0.3) is 0 Å². The van der Waals surface area contributed by atoms with Crippen molar-refractivity contribution in [3.8, 4) is 5.75 Å².